The van der Waals surface area contributed by atoms with Crippen LogP contribution in [0.2, 0.25) is 0 Å². The van der Waals surface area contributed by atoms with Gasteiger partial charge in [0.1, 0.15) is 5.82 Å². The van der Waals surface area contributed by atoms with Gasteiger partial charge in [-0.25, -0.2) is 4.98 Å². The molecule has 19 heavy (non-hydrogen) atoms. The highest BCUT2D eigenvalue weighted by molar-refractivity contribution is 5.52. The third-order valence-electron chi connectivity index (χ3n) is 3.17. The lowest BCUT2D eigenvalue weighted by Gasteiger charge is -2.06. The summed E-state index contributed by atoms with van der Waals surface area (Å²) in [5.74, 6) is 2.38. The van der Waals surface area contributed by atoms with Gasteiger partial charge < -0.3 is 10.6 Å². The molecule has 0 unspecified atom stereocenters. The molecule has 1 fully saturated rings. The molecule has 0 radical (unpaired) electrons. The Morgan fingerprint density at radius 3 is 3.05 bits per heavy atom. The fourth-order valence-electron chi connectivity index (χ4n) is 1.94. The largest absolute Gasteiger partial charge is 0.370 e. The smallest absolute Gasteiger partial charge is 0.229 e. The maximum atomic E-state index is 4.42. The van der Waals surface area contributed by atoms with Crippen LogP contribution in [0.1, 0.15) is 19.3 Å². The van der Waals surface area contributed by atoms with E-state index in [1.165, 1.54) is 19.3 Å². The number of aryl methyl sites for hydroxylation is 1. The van der Waals surface area contributed by atoms with Crippen molar-refractivity contribution in [3.05, 3.63) is 24.7 Å². The molecule has 6 heteroatoms. The first-order chi connectivity index (χ1) is 9.29. The van der Waals surface area contributed by atoms with Crippen LogP contribution in [0.3, 0.4) is 0 Å². The summed E-state index contributed by atoms with van der Waals surface area (Å²) in [6, 6.07) is 1.89. The number of nitrogens with one attached hydrogen (secondary N) is 2. The predicted molar refractivity (Wildman–Crippen MR) is 74.4 cm³/mol. The summed E-state index contributed by atoms with van der Waals surface area (Å²) in [5.41, 5.74) is 0.887. The van der Waals surface area contributed by atoms with Crippen molar-refractivity contribution >= 4 is 17.5 Å². The SMILES string of the molecule is Cn1cc(Nc2nccc(NCCC3CC3)n2)cn1. The zero-order chi connectivity index (χ0) is 13.1. The normalized spacial score (nSPS) is 14.4. The zero-order valence-electron chi connectivity index (χ0n) is 11.0. The zero-order valence-corrected chi connectivity index (χ0v) is 11.0. The fraction of sp³-hybridized carbons (Fsp3) is 0.462. The van der Waals surface area contributed by atoms with Gasteiger partial charge in [0.05, 0.1) is 11.9 Å². The molecule has 0 saturated heterocycles. The van der Waals surface area contributed by atoms with Gasteiger partial charge >= 0.3 is 0 Å². The second-order valence-electron chi connectivity index (χ2n) is 4.95. The monoisotopic (exact) mass is 258 g/mol. The molecule has 2 heterocycles. The summed E-state index contributed by atoms with van der Waals surface area (Å²) in [6.45, 7) is 0.980. The minimum Gasteiger partial charge on any atom is -0.370 e. The standard InChI is InChI=1S/C13H18N6/c1-19-9-11(8-16-19)17-13-15-7-5-12(18-13)14-6-4-10-2-3-10/h5,7-10H,2-4,6H2,1H3,(H2,14,15,17,18). The van der Waals surface area contributed by atoms with Crippen molar-refractivity contribution in [2.45, 2.75) is 19.3 Å². The van der Waals surface area contributed by atoms with Gasteiger partial charge in [0.25, 0.3) is 0 Å². The van der Waals surface area contributed by atoms with Crippen LogP contribution >= 0.6 is 0 Å². The minimum atomic E-state index is 0.587. The van der Waals surface area contributed by atoms with E-state index in [0.29, 0.717) is 5.95 Å². The van der Waals surface area contributed by atoms with Gasteiger partial charge in [-0.15, -0.1) is 0 Å². The first-order valence-corrected chi connectivity index (χ1v) is 6.62. The molecule has 2 aromatic rings. The van der Waals surface area contributed by atoms with Crippen molar-refractivity contribution in [2.24, 2.45) is 13.0 Å². The van der Waals surface area contributed by atoms with E-state index in [-0.39, 0.29) is 0 Å². The number of hydrogen-bond donors (Lipinski definition) is 2. The lowest BCUT2D eigenvalue weighted by Crippen LogP contribution is -2.05. The number of hydrogen-bond acceptors (Lipinski definition) is 5. The second kappa shape index (κ2) is 5.26. The van der Waals surface area contributed by atoms with Crippen LogP contribution < -0.4 is 10.6 Å². The van der Waals surface area contributed by atoms with E-state index in [9.17, 15) is 0 Å². The second-order valence-corrected chi connectivity index (χ2v) is 4.95. The third-order valence-corrected chi connectivity index (χ3v) is 3.17. The molecule has 3 rings (SSSR count). The van der Waals surface area contributed by atoms with E-state index in [1.807, 2.05) is 19.3 Å². The molecule has 0 atom stereocenters. The first kappa shape index (κ1) is 12.0. The Hall–Kier alpha value is -2.11. The van der Waals surface area contributed by atoms with Gasteiger partial charge in [-0.2, -0.15) is 10.1 Å². The Labute approximate surface area is 112 Å². The summed E-state index contributed by atoms with van der Waals surface area (Å²) >= 11 is 0. The summed E-state index contributed by atoms with van der Waals surface area (Å²) in [4.78, 5) is 8.62. The molecule has 0 aromatic carbocycles. The number of rotatable bonds is 6. The Morgan fingerprint density at radius 1 is 1.42 bits per heavy atom. The van der Waals surface area contributed by atoms with Gasteiger partial charge in [-0.05, 0) is 18.4 Å². The van der Waals surface area contributed by atoms with Crippen LogP contribution in [0.15, 0.2) is 24.7 Å². The molecule has 0 bridgehead atoms. The van der Waals surface area contributed by atoms with Crippen molar-refractivity contribution in [1.82, 2.24) is 19.7 Å². The average Bonchev–Trinajstić information content (AvgIpc) is 3.13. The quantitative estimate of drug-likeness (QED) is 0.831. The van der Waals surface area contributed by atoms with E-state index < -0.39 is 0 Å². The van der Waals surface area contributed by atoms with Crippen LogP contribution in [-0.4, -0.2) is 26.3 Å². The van der Waals surface area contributed by atoms with E-state index in [4.69, 9.17) is 0 Å². The molecule has 2 aromatic heterocycles. The molecule has 0 aliphatic heterocycles. The van der Waals surface area contributed by atoms with Crippen molar-refractivity contribution in [2.75, 3.05) is 17.2 Å². The van der Waals surface area contributed by atoms with Crippen LogP contribution in [0.4, 0.5) is 17.5 Å². The lowest BCUT2D eigenvalue weighted by molar-refractivity contribution is 0.758. The number of aromatic nitrogens is 4. The minimum absolute atomic E-state index is 0.587. The van der Waals surface area contributed by atoms with E-state index in [0.717, 1.165) is 24.0 Å². The van der Waals surface area contributed by atoms with Gasteiger partial charge in [-0.3, -0.25) is 4.68 Å². The Kier molecular flexibility index (Phi) is 3.31. The maximum Gasteiger partial charge on any atom is 0.229 e. The summed E-state index contributed by atoms with van der Waals surface area (Å²) in [6.07, 6.45) is 9.40. The van der Waals surface area contributed by atoms with E-state index in [2.05, 4.69) is 25.7 Å². The van der Waals surface area contributed by atoms with E-state index in [1.54, 1.807) is 17.1 Å². The van der Waals surface area contributed by atoms with Crippen LogP contribution in [-0.2, 0) is 7.05 Å². The summed E-state index contributed by atoms with van der Waals surface area (Å²) in [5, 5.41) is 10.6. The fourth-order valence-corrected chi connectivity index (χ4v) is 1.94. The summed E-state index contributed by atoms with van der Waals surface area (Å²) < 4.78 is 1.74. The Balaban J connectivity index is 1.58. The highest BCUT2D eigenvalue weighted by Crippen LogP contribution is 2.32. The Morgan fingerprint density at radius 2 is 2.32 bits per heavy atom. The van der Waals surface area contributed by atoms with Gasteiger partial charge in [0, 0.05) is 26.0 Å². The summed E-state index contributed by atoms with van der Waals surface area (Å²) in [7, 11) is 1.88. The maximum absolute atomic E-state index is 4.42. The van der Waals surface area contributed by atoms with Gasteiger partial charge in [0.15, 0.2) is 0 Å². The molecule has 1 aliphatic rings. The molecule has 0 amide bonds. The van der Waals surface area contributed by atoms with Crippen LogP contribution in [0.25, 0.3) is 0 Å². The van der Waals surface area contributed by atoms with Crippen molar-refractivity contribution in [1.29, 1.82) is 0 Å². The number of anilines is 3. The lowest BCUT2D eigenvalue weighted by atomic mass is 10.3. The molecule has 6 nitrogen and oxygen atoms in total. The van der Waals surface area contributed by atoms with Crippen molar-refractivity contribution in [3.8, 4) is 0 Å². The molecule has 1 aliphatic carbocycles. The third kappa shape index (κ3) is 3.43. The van der Waals surface area contributed by atoms with Crippen LogP contribution in [0.5, 0.6) is 0 Å². The highest BCUT2D eigenvalue weighted by Gasteiger charge is 2.20. The van der Waals surface area contributed by atoms with Crippen molar-refractivity contribution < 1.29 is 0 Å². The molecule has 2 N–H and O–H groups in total. The van der Waals surface area contributed by atoms with Crippen LogP contribution in [0, 0.1) is 5.92 Å². The van der Waals surface area contributed by atoms with Crippen molar-refractivity contribution in [3.63, 3.8) is 0 Å². The highest BCUT2D eigenvalue weighted by atomic mass is 15.3. The van der Waals surface area contributed by atoms with Gasteiger partial charge in [0.2, 0.25) is 5.95 Å². The molecule has 100 valence electrons. The predicted octanol–water partition coefficient (Wildman–Crippen LogP) is 2.17. The molecule has 0 spiro atoms. The number of nitrogens with zero attached hydrogens (tertiary/aromatic N) is 4. The average molecular weight is 258 g/mol. The van der Waals surface area contributed by atoms with E-state index >= 15 is 0 Å². The molecular formula is C13H18N6. The first-order valence-electron chi connectivity index (χ1n) is 6.62. The molecule has 1 saturated carbocycles. The Bertz CT molecular complexity index is 546. The topological polar surface area (TPSA) is 67.7 Å². The molecular weight excluding hydrogens is 240 g/mol. The van der Waals surface area contributed by atoms with Gasteiger partial charge in [-0.1, -0.05) is 12.8 Å².